The van der Waals surface area contributed by atoms with E-state index in [-0.39, 0.29) is 32.1 Å². The van der Waals surface area contributed by atoms with Crippen molar-refractivity contribution in [1.82, 2.24) is 9.21 Å². The second-order valence-electron chi connectivity index (χ2n) is 4.19. The first kappa shape index (κ1) is 15.9. The van der Waals surface area contributed by atoms with Gasteiger partial charge in [0, 0.05) is 26.7 Å². The molecule has 1 aliphatic rings. The SMILES string of the molecule is COCC(=O)N1CCN(S(C)(=O)=O)C(C(=O)OC)C1. The summed E-state index contributed by atoms with van der Waals surface area (Å²) in [6, 6.07) is -1.01. The van der Waals surface area contributed by atoms with E-state index in [0.29, 0.717) is 0 Å². The molecule has 0 aliphatic carbocycles. The number of amides is 1. The van der Waals surface area contributed by atoms with Crippen LogP contribution in [0.15, 0.2) is 0 Å². The Kier molecular flexibility index (Phi) is 5.27. The first-order chi connectivity index (χ1) is 8.81. The highest BCUT2D eigenvalue weighted by atomic mass is 32.2. The van der Waals surface area contributed by atoms with Gasteiger partial charge in [-0.1, -0.05) is 0 Å². The van der Waals surface area contributed by atoms with Crippen LogP contribution in [0.25, 0.3) is 0 Å². The highest BCUT2D eigenvalue weighted by Crippen LogP contribution is 2.15. The third-order valence-electron chi connectivity index (χ3n) is 2.85. The lowest BCUT2D eigenvalue weighted by Crippen LogP contribution is -2.59. The topological polar surface area (TPSA) is 93.2 Å². The van der Waals surface area contributed by atoms with E-state index in [4.69, 9.17) is 4.74 Å². The number of carbonyl (C=O) groups is 2. The fourth-order valence-electron chi connectivity index (χ4n) is 1.93. The van der Waals surface area contributed by atoms with Crippen molar-refractivity contribution in [3.05, 3.63) is 0 Å². The molecular weight excluding hydrogens is 276 g/mol. The molecule has 0 spiro atoms. The minimum atomic E-state index is -3.53. The summed E-state index contributed by atoms with van der Waals surface area (Å²) in [5.41, 5.74) is 0. The van der Waals surface area contributed by atoms with Crippen molar-refractivity contribution in [3.8, 4) is 0 Å². The van der Waals surface area contributed by atoms with Crippen molar-refractivity contribution >= 4 is 21.9 Å². The maximum atomic E-state index is 11.7. The Morgan fingerprint density at radius 2 is 1.89 bits per heavy atom. The number of esters is 1. The monoisotopic (exact) mass is 294 g/mol. The number of ether oxygens (including phenoxy) is 2. The van der Waals surface area contributed by atoms with Gasteiger partial charge in [0.25, 0.3) is 0 Å². The Labute approximate surface area is 112 Å². The van der Waals surface area contributed by atoms with E-state index in [1.165, 1.54) is 19.1 Å². The van der Waals surface area contributed by atoms with E-state index >= 15 is 0 Å². The van der Waals surface area contributed by atoms with Crippen LogP contribution in [0.1, 0.15) is 0 Å². The smallest absolute Gasteiger partial charge is 0.326 e. The number of hydrogen-bond donors (Lipinski definition) is 0. The van der Waals surface area contributed by atoms with Crippen LogP contribution in [-0.2, 0) is 29.1 Å². The van der Waals surface area contributed by atoms with Crippen molar-refractivity contribution in [2.75, 3.05) is 46.7 Å². The van der Waals surface area contributed by atoms with E-state index in [0.717, 1.165) is 10.6 Å². The Balaban J connectivity index is 2.88. The molecule has 9 heteroatoms. The van der Waals surface area contributed by atoms with Crippen LogP contribution in [0.5, 0.6) is 0 Å². The predicted molar refractivity (Wildman–Crippen MR) is 65.8 cm³/mol. The number of carbonyl (C=O) groups excluding carboxylic acids is 2. The lowest BCUT2D eigenvalue weighted by atomic mass is 10.2. The molecule has 19 heavy (non-hydrogen) atoms. The van der Waals surface area contributed by atoms with Gasteiger partial charge in [-0.2, -0.15) is 4.31 Å². The van der Waals surface area contributed by atoms with Gasteiger partial charge in [-0.25, -0.2) is 8.42 Å². The molecule has 1 unspecified atom stereocenters. The summed E-state index contributed by atoms with van der Waals surface area (Å²) in [5, 5.41) is 0. The van der Waals surface area contributed by atoms with Crippen LogP contribution in [0.4, 0.5) is 0 Å². The standard InChI is InChI=1S/C10H18N2O6S/c1-17-7-9(13)11-4-5-12(19(3,15)16)8(6-11)10(14)18-2/h8H,4-7H2,1-3H3. The molecule has 0 aromatic heterocycles. The van der Waals surface area contributed by atoms with E-state index in [1.807, 2.05) is 0 Å². The van der Waals surface area contributed by atoms with Crippen LogP contribution < -0.4 is 0 Å². The molecular formula is C10H18N2O6S. The highest BCUT2D eigenvalue weighted by Gasteiger charge is 2.39. The van der Waals surface area contributed by atoms with Crippen LogP contribution >= 0.6 is 0 Å². The van der Waals surface area contributed by atoms with Gasteiger partial charge in [-0.3, -0.25) is 9.59 Å². The highest BCUT2D eigenvalue weighted by molar-refractivity contribution is 7.88. The molecule has 1 atom stereocenters. The molecule has 1 amide bonds. The average Bonchev–Trinajstić information content (AvgIpc) is 2.36. The largest absolute Gasteiger partial charge is 0.468 e. The number of piperazine rings is 1. The minimum absolute atomic E-state index is 0.0259. The van der Waals surface area contributed by atoms with Crippen molar-refractivity contribution in [2.45, 2.75) is 6.04 Å². The molecule has 1 aliphatic heterocycles. The molecule has 0 radical (unpaired) electrons. The summed E-state index contributed by atoms with van der Waals surface area (Å²) < 4.78 is 33.6. The van der Waals surface area contributed by atoms with Gasteiger partial charge in [0.05, 0.1) is 13.4 Å². The Bertz CT molecular complexity index is 449. The molecule has 8 nitrogen and oxygen atoms in total. The van der Waals surface area contributed by atoms with Gasteiger partial charge in [-0.05, 0) is 0 Å². The first-order valence-electron chi connectivity index (χ1n) is 5.62. The van der Waals surface area contributed by atoms with E-state index in [9.17, 15) is 18.0 Å². The van der Waals surface area contributed by atoms with Crippen LogP contribution in [0, 0.1) is 0 Å². The van der Waals surface area contributed by atoms with E-state index in [2.05, 4.69) is 4.74 Å². The summed E-state index contributed by atoms with van der Waals surface area (Å²) in [6.45, 7) is 0.158. The van der Waals surface area contributed by atoms with Gasteiger partial charge in [0.1, 0.15) is 12.6 Å². The number of rotatable bonds is 4. The summed E-state index contributed by atoms with van der Waals surface area (Å²) in [6.07, 6.45) is 1.02. The maximum Gasteiger partial charge on any atom is 0.326 e. The normalized spacial score (nSPS) is 21.2. The van der Waals surface area contributed by atoms with Crippen molar-refractivity contribution in [2.24, 2.45) is 0 Å². The summed E-state index contributed by atoms with van der Waals surface area (Å²) in [7, 11) is -0.958. The number of nitrogens with zero attached hydrogens (tertiary/aromatic N) is 2. The average molecular weight is 294 g/mol. The zero-order valence-electron chi connectivity index (χ0n) is 11.2. The summed E-state index contributed by atoms with van der Waals surface area (Å²) in [4.78, 5) is 24.7. The molecule has 110 valence electrons. The van der Waals surface area contributed by atoms with Gasteiger partial charge < -0.3 is 14.4 Å². The van der Waals surface area contributed by atoms with Gasteiger partial charge in [0.2, 0.25) is 15.9 Å². The Morgan fingerprint density at radius 1 is 1.26 bits per heavy atom. The van der Waals surface area contributed by atoms with Crippen molar-refractivity contribution in [1.29, 1.82) is 0 Å². The van der Waals surface area contributed by atoms with Crippen LogP contribution in [-0.4, -0.2) is 82.3 Å². The van der Waals surface area contributed by atoms with Gasteiger partial charge >= 0.3 is 5.97 Å². The van der Waals surface area contributed by atoms with Gasteiger partial charge in [-0.15, -0.1) is 0 Å². The lowest BCUT2D eigenvalue weighted by molar-refractivity contribution is -0.149. The van der Waals surface area contributed by atoms with E-state index in [1.54, 1.807) is 0 Å². The third kappa shape index (κ3) is 3.88. The summed E-state index contributed by atoms with van der Waals surface area (Å²) >= 11 is 0. The molecule has 0 bridgehead atoms. The molecule has 1 rings (SSSR count). The summed E-state index contributed by atoms with van der Waals surface area (Å²) in [5.74, 6) is -0.968. The molecule has 1 fully saturated rings. The molecule has 0 aromatic rings. The van der Waals surface area contributed by atoms with Crippen LogP contribution in [0.2, 0.25) is 0 Å². The quantitative estimate of drug-likeness (QED) is 0.573. The predicted octanol–water partition coefficient (Wildman–Crippen LogP) is -1.72. The zero-order chi connectivity index (χ0) is 14.6. The maximum absolute atomic E-state index is 11.7. The Hall–Kier alpha value is -1.19. The van der Waals surface area contributed by atoms with Crippen molar-refractivity contribution < 1.29 is 27.5 Å². The van der Waals surface area contributed by atoms with Crippen LogP contribution in [0.3, 0.4) is 0 Å². The molecule has 0 N–H and O–H groups in total. The van der Waals surface area contributed by atoms with Gasteiger partial charge in [0.15, 0.2) is 0 Å². The zero-order valence-corrected chi connectivity index (χ0v) is 12.0. The first-order valence-corrected chi connectivity index (χ1v) is 7.47. The fourth-order valence-corrected chi connectivity index (χ4v) is 2.96. The molecule has 0 aromatic carbocycles. The number of sulfonamides is 1. The minimum Gasteiger partial charge on any atom is -0.468 e. The second kappa shape index (κ2) is 6.31. The van der Waals surface area contributed by atoms with Crippen molar-refractivity contribution in [3.63, 3.8) is 0 Å². The van der Waals surface area contributed by atoms with E-state index < -0.39 is 22.0 Å². The molecule has 0 saturated carbocycles. The third-order valence-corrected chi connectivity index (χ3v) is 4.14. The number of methoxy groups -OCH3 is 2. The second-order valence-corrected chi connectivity index (χ2v) is 6.12. The fraction of sp³-hybridized carbons (Fsp3) is 0.800. The Morgan fingerprint density at radius 3 is 2.37 bits per heavy atom. The lowest BCUT2D eigenvalue weighted by Gasteiger charge is -2.38. The number of hydrogen-bond acceptors (Lipinski definition) is 6. The molecule has 1 saturated heterocycles. The molecule has 1 heterocycles.